The average molecular weight is 330 g/mol. The summed E-state index contributed by atoms with van der Waals surface area (Å²) in [6, 6.07) is 6.17. The lowest BCUT2D eigenvalue weighted by Crippen LogP contribution is -2.31. The molecule has 0 saturated heterocycles. The van der Waals surface area contributed by atoms with Gasteiger partial charge in [-0.1, -0.05) is 58.4 Å². The normalized spacial score (nSPS) is 10.9. The number of aryl methyl sites for hydroxylation is 1. The van der Waals surface area contributed by atoms with Gasteiger partial charge in [0.2, 0.25) is 0 Å². The summed E-state index contributed by atoms with van der Waals surface area (Å²) in [6.07, 6.45) is 12.7. The second-order valence-corrected chi connectivity index (χ2v) is 7.02. The topological polar surface area (TPSA) is 61.1 Å². The summed E-state index contributed by atoms with van der Waals surface area (Å²) in [5, 5.41) is 0. The van der Waals surface area contributed by atoms with Gasteiger partial charge >= 0.3 is 0 Å². The molecule has 0 fully saturated rings. The second kappa shape index (κ2) is 13.7. The minimum atomic E-state index is -3.97. The molecule has 0 aromatic carbocycles. The highest BCUT2D eigenvalue weighted by Gasteiger charge is 1.95. The van der Waals surface area contributed by atoms with Gasteiger partial charge in [-0.3, -0.25) is 0 Å². The highest BCUT2D eigenvalue weighted by atomic mass is 32.2. The molecular weight excluding hydrogens is 298 g/mol. The predicted molar refractivity (Wildman–Crippen MR) is 89.5 cm³/mol. The number of aromatic nitrogens is 1. The lowest BCUT2D eigenvalue weighted by Gasteiger charge is -2.05. The average Bonchev–Trinajstić information content (AvgIpc) is 2.49. The molecule has 1 aromatic rings. The molecule has 0 bridgehead atoms. The van der Waals surface area contributed by atoms with Crippen molar-refractivity contribution in [1.29, 1.82) is 0 Å². The minimum Gasteiger partial charge on any atom is -0.748 e. The second-order valence-electron chi connectivity index (χ2n) is 5.50. The maximum Gasteiger partial charge on any atom is 0.168 e. The molecule has 0 radical (unpaired) electrons. The van der Waals surface area contributed by atoms with Crippen LogP contribution in [0, 0.1) is 0 Å². The molecule has 0 aliphatic rings. The third-order valence-corrected chi connectivity index (χ3v) is 4.08. The van der Waals surface area contributed by atoms with Crippen LogP contribution in [-0.4, -0.2) is 18.7 Å². The van der Waals surface area contributed by atoms with E-state index in [-0.39, 0.29) is 5.75 Å². The van der Waals surface area contributed by atoms with Crippen LogP contribution >= 0.6 is 0 Å². The first-order chi connectivity index (χ1) is 10.5. The number of pyridine rings is 1. The SMILES string of the molecule is CCCCCCCCS(=O)(=O)[O-].CCCC[n+]1ccccc1. The molecule has 1 aromatic heterocycles. The summed E-state index contributed by atoms with van der Waals surface area (Å²) in [5.74, 6) is -0.195. The number of rotatable bonds is 10. The molecule has 1 rings (SSSR count). The molecule has 128 valence electrons. The lowest BCUT2D eigenvalue weighted by molar-refractivity contribution is -0.697. The van der Waals surface area contributed by atoms with Gasteiger partial charge in [0.15, 0.2) is 12.4 Å². The first-order valence-corrected chi connectivity index (χ1v) is 9.95. The Morgan fingerprint density at radius 1 is 0.818 bits per heavy atom. The Morgan fingerprint density at radius 2 is 1.36 bits per heavy atom. The molecule has 0 spiro atoms. The zero-order valence-electron chi connectivity index (χ0n) is 14.0. The van der Waals surface area contributed by atoms with E-state index < -0.39 is 10.1 Å². The van der Waals surface area contributed by atoms with Crippen molar-refractivity contribution in [1.82, 2.24) is 0 Å². The smallest absolute Gasteiger partial charge is 0.168 e. The molecule has 0 amide bonds. The van der Waals surface area contributed by atoms with Crippen molar-refractivity contribution >= 4 is 10.1 Å². The van der Waals surface area contributed by atoms with Crippen molar-refractivity contribution in [2.75, 3.05) is 5.75 Å². The number of unbranched alkanes of at least 4 members (excludes halogenated alkanes) is 6. The van der Waals surface area contributed by atoms with Crippen molar-refractivity contribution in [2.45, 2.75) is 71.8 Å². The van der Waals surface area contributed by atoms with Crippen LogP contribution in [0.4, 0.5) is 0 Å². The van der Waals surface area contributed by atoms with Crippen molar-refractivity contribution in [3.8, 4) is 0 Å². The zero-order valence-corrected chi connectivity index (χ0v) is 14.9. The first kappa shape index (κ1) is 21.1. The van der Waals surface area contributed by atoms with Crippen molar-refractivity contribution in [3.05, 3.63) is 30.6 Å². The molecule has 0 atom stereocenters. The van der Waals surface area contributed by atoms with Crippen LogP contribution in [-0.2, 0) is 16.7 Å². The number of nitrogens with zero attached hydrogens (tertiary/aromatic N) is 1. The molecule has 22 heavy (non-hydrogen) atoms. The lowest BCUT2D eigenvalue weighted by atomic mass is 10.1. The van der Waals surface area contributed by atoms with E-state index in [4.69, 9.17) is 0 Å². The van der Waals surface area contributed by atoms with Gasteiger partial charge in [0.05, 0.1) is 10.1 Å². The third kappa shape index (κ3) is 15.4. The number of hydrogen-bond donors (Lipinski definition) is 0. The van der Waals surface area contributed by atoms with Gasteiger partial charge in [0.25, 0.3) is 0 Å². The van der Waals surface area contributed by atoms with E-state index in [2.05, 4.69) is 42.9 Å². The van der Waals surface area contributed by atoms with E-state index in [9.17, 15) is 13.0 Å². The maximum atomic E-state index is 10.2. The van der Waals surface area contributed by atoms with Crippen LogP contribution in [0.15, 0.2) is 30.6 Å². The maximum absolute atomic E-state index is 10.2. The van der Waals surface area contributed by atoms with Gasteiger partial charge < -0.3 is 4.55 Å². The van der Waals surface area contributed by atoms with Gasteiger partial charge in [0, 0.05) is 24.3 Å². The van der Waals surface area contributed by atoms with Crippen molar-refractivity contribution in [2.24, 2.45) is 0 Å². The molecular formula is C17H31NO3S. The highest BCUT2D eigenvalue weighted by Crippen LogP contribution is 2.05. The van der Waals surface area contributed by atoms with Gasteiger partial charge in [-0.05, 0) is 6.42 Å². The molecule has 0 unspecified atom stereocenters. The van der Waals surface area contributed by atoms with E-state index in [1.165, 1.54) is 25.7 Å². The standard InChI is InChI=1S/C9H14N.C8H18O3S/c1-2-3-7-10-8-5-4-6-9-10;1-2-3-4-5-6-7-8-12(9,10)11/h4-6,8-9H,2-3,7H2,1H3;2-8H2,1H3,(H,9,10,11)/q+1;/p-1. The molecule has 0 saturated carbocycles. The quantitative estimate of drug-likeness (QED) is 0.374. The van der Waals surface area contributed by atoms with E-state index in [1.54, 1.807) is 0 Å². The molecule has 1 heterocycles. The van der Waals surface area contributed by atoms with Crippen LogP contribution in [0.5, 0.6) is 0 Å². The van der Waals surface area contributed by atoms with Crippen LogP contribution in [0.2, 0.25) is 0 Å². The molecule has 5 heteroatoms. The first-order valence-electron chi connectivity index (χ1n) is 8.37. The Hall–Kier alpha value is -0.940. The summed E-state index contributed by atoms with van der Waals surface area (Å²) in [7, 11) is -3.97. The van der Waals surface area contributed by atoms with E-state index in [0.717, 1.165) is 25.8 Å². The monoisotopic (exact) mass is 329 g/mol. The molecule has 0 aliphatic carbocycles. The van der Waals surface area contributed by atoms with Crippen molar-refractivity contribution < 1.29 is 17.5 Å². The van der Waals surface area contributed by atoms with Crippen LogP contribution in [0.1, 0.15) is 65.2 Å². The minimum absolute atomic E-state index is 0.195. The molecule has 0 N–H and O–H groups in total. The Kier molecular flexibility index (Phi) is 13.1. The van der Waals surface area contributed by atoms with Crippen LogP contribution in [0.25, 0.3) is 0 Å². The Balaban J connectivity index is 0.000000406. The molecule has 0 aliphatic heterocycles. The fourth-order valence-corrected chi connectivity index (χ4v) is 2.54. The molecule has 4 nitrogen and oxygen atoms in total. The van der Waals surface area contributed by atoms with Crippen LogP contribution < -0.4 is 4.57 Å². The number of hydrogen-bond acceptors (Lipinski definition) is 3. The Bertz CT molecular complexity index is 446. The van der Waals surface area contributed by atoms with Crippen LogP contribution in [0.3, 0.4) is 0 Å². The predicted octanol–water partition coefficient (Wildman–Crippen LogP) is 3.67. The summed E-state index contributed by atoms with van der Waals surface area (Å²) in [5.41, 5.74) is 0. The summed E-state index contributed by atoms with van der Waals surface area (Å²) < 4.78 is 32.7. The van der Waals surface area contributed by atoms with Gasteiger partial charge in [0.1, 0.15) is 6.54 Å². The highest BCUT2D eigenvalue weighted by molar-refractivity contribution is 7.85. The van der Waals surface area contributed by atoms with E-state index >= 15 is 0 Å². The largest absolute Gasteiger partial charge is 0.748 e. The Labute approximate surface area is 136 Å². The van der Waals surface area contributed by atoms with Gasteiger partial charge in [-0.15, -0.1) is 0 Å². The summed E-state index contributed by atoms with van der Waals surface area (Å²) in [4.78, 5) is 0. The van der Waals surface area contributed by atoms with Gasteiger partial charge in [-0.2, -0.15) is 0 Å². The van der Waals surface area contributed by atoms with E-state index in [0.29, 0.717) is 6.42 Å². The zero-order chi connectivity index (χ0) is 16.7. The third-order valence-electron chi connectivity index (χ3n) is 3.30. The van der Waals surface area contributed by atoms with E-state index in [1.807, 2.05) is 6.07 Å². The summed E-state index contributed by atoms with van der Waals surface area (Å²) >= 11 is 0. The van der Waals surface area contributed by atoms with Gasteiger partial charge in [-0.25, -0.2) is 13.0 Å². The Morgan fingerprint density at radius 3 is 1.91 bits per heavy atom. The summed E-state index contributed by atoms with van der Waals surface area (Å²) in [6.45, 7) is 5.49. The fraction of sp³-hybridized carbons (Fsp3) is 0.706. The van der Waals surface area contributed by atoms with Crippen molar-refractivity contribution in [3.63, 3.8) is 0 Å². The fourth-order valence-electron chi connectivity index (χ4n) is 1.98.